The first-order valence-corrected chi connectivity index (χ1v) is 11.2. The number of halogens is 7. The Morgan fingerprint density at radius 1 is 1.05 bits per heavy atom. The summed E-state index contributed by atoms with van der Waals surface area (Å²) in [6.45, 7) is -1.42. The number of aromatic nitrogens is 4. The first-order valence-electron chi connectivity index (χ1n) is 10.9. The van der Waals surface area contributed by atoms with Crippen molar-refractivity contribution in [2.45, 2.75) is 31.8 Å². The number of hydrogen-bond acceptors (Lipinski definition) is 6. The van der Waals surface area contributed by atoms with E-state index in [4.69, 9.17) is 16.3 Å². The summed E-state index contributed by atoms with van der Waals surface area (Å²) in [4.78, 5) is 30.6. The lowest BCUT2D eigenvalue weighted by atomic mass is 10.2. The zero-order valence-corrected chi connectivity index (χ0v) is 20.4. The topological polar surface area (TPSA) is 111 Å². The Morgan fingerprint density at radius 2 is 1.72 bits per heavy atom. The number of benzene rings is 2. The number of hydrogen-bond donors (Lipinski definition) is 2. The van der Waals surface area contributed by atoms with Gasteiger partial charge < -0.3 is 19.1 Å². The van der Waals surface area contributed by atoms with E-state index in [0.29, 0.717) is 15.2 Å². The van der Waals surface area contributed by atoms with Crippen molar-refractivity contribution >= 4 is 22.8 Å². The van der Waals surface area contributed by atoms with Crippen LogP contribution in [0.15, 0.2) is 52.1 Å². The molecule has 0 saturated heterocycles. The highest BCUT2D eigenvalue weighted by molar-refractivity contribution is 6.30. The van der Waals surface area contributed by atoms with Crippen molar-refractivity contribution in [1.29, 1.82) is 0 Å². The van der Waals surface area contributed by atoms with Crippen molar-refractivity contribution < 1.29 is 40.9 Å². The number of aryl methyl sites for hydroxylation is 1. The average molecular weight is 579 g/mol. The fourth-order valence-corrected chi connectivity index (χ4v) is 3.79. The summed E-state index contributed by atoms with van der Waals surface area (Å²) in [7, 11) is 1.27. The van der Waals surface area contributed by atoms with Crippen LogP contribution in [0, 0.1) is 0 Å². The standard InChI is InChI=1S/C23H17ClF6N4O5/c1-33-17-19(34(21(37)32-20(17)36)9-16(35)22(25,26)27)31-18(33)12-4-7-14(15(8-12)39-23(28,29)30)38-10-11-2-5-13(24)6-3-11/h2-8,16,35H,9-10H2,1H3,(H,32,36,37). The van der Waals surface area contributed by atoms with Gasteiger partial charge in [-0.05, 0) is 35.9 Å². The zero-order chi connectivity index (χ0) is 28.7. The lowest BCUT2D eigenvalue weighted by molar-refractivity contribution is -0.275. The predicted octanol–water partition coefficient (Wildman–Crippen LogP) is 4.14. The molecule has 9 nitrogen and oxygen atoms in total. The van der Waals surface area contributed by atoms with Crippen LogP contribution in [-0.4, -0.2) is 42.9 Å². The van der Waals surface area contributed by atoms with Crippen LogP contribution in [0.2, 0.25) is 5.02 Å². The monoisotopic (exact) mass is 578 g/mol. The third kappa shape index (κ3) is 6.20. The van der Waals surface area contributed by atoms with E-state index >= 15 is 0 Å². The number of aliphatic hydroxyl groups excluding tert-OH is 1. The van der Waals surface area contributed by atoms with Gasteiger partial charge in [-0.1, -0.05) is 23.7 Å². The van der Waals surface area contributed by atoms with Crippen molar-refractivity contribution in [3.63, 3.8) is 0 Å². The Bertz CT molecular complexity index is 1630. The number of nitrogens with one attached hydrogen (secondary N) is 1. The van der Waals surface area contributed by atoms with Crippen LogP contribution in [0.3, 0.4) is 0 Å². The van der Waals surface area contributed by atoms with Gasteiger partial charge in [0.25, 0.3) is 5.56 Å². The van der Waals surface area contributed by atoms with E-state index in [9.17, 15) is 41.0 Å². The van der Waals surface area contributed by atoms with E-state index in [0.717, 1.165) is 16.7 Å². The van der Waals surface area contributed by atoms with Crippen LogP contribution < -0.4 is 20.7 Å². The van der Waals surface area contributed by atoms with Gasteiger partial charge >= 0.3 is 18.2 Å². The third-order valence-corrected chi connectivity index (χ3v) is 5.73. The van der Waals surface area contributed by atoms with E-state index in [1.807, 2.05) is 4.98 Å². The number of alkyl halides is 6. The van der Waals surface area contributed by atoms with Gasteiger partial charge in [-0.15, -0.1) is 13.2 Å². The average Bonchev–Trinajstić information content (AvgIpc) is 3.17. The van der Waals surface area contributed by atoms with Crippen molar-refractivity contribution in [3.05, 3.63) is 73.9 Å². The number of ether oxygens (including phenoxy) is 2. The summed E-state index contributed by atoms with van der Waals surface area (Å²) in [6.07, 6.45) is -13.2. The van der Waals surface area contributed by atoms with Crippen molar-refractivity contribution in [1.82, 2.24) is 19.1 Å². The molecule has 2 N–H and O–H groups in total. The summed E-state index contributed by atoms with van der Waals surface area (Å²) in [6, 6.07) is 9.68. The Labute approximate surface area is 218 Å². The van der Waals surface area contributed by atoms with Crippen molar-refractivity contribution in [2.24, 2.45) is 7.05 Å². The van der Waals surface area contributed by atoms with E-state index in [1.165, 1.54) is 13.1 Å². The molecule has 0 aliphatic carbocycles. The molecule has 4 aromatic rings. The Kier molecular flexibility index (Phi) is 7.40. The van der Waals surface area contributed by atoms with Gasteiger partial charge in [-0.3, -0.25) is 14.3 Å². The van der Waals surface area contributed by atoms with Crippen LogP contribution in [-0.2, 0) is 20.2 Å². The molecule has 0 radical (unpaired) electrons. The summed E-state index contributed by atoms with van der Waals surface area (Å²) in [5.74, 6) is -1.25. The maximum Gasteiger partial charge on any atom is 0.573 e. The summed E-state index contributed by atoms with van der Waals surface area (Å²) in [5.41, 5.74) is -2.63. The number of fused-ring (bicyclic) bond motifs is 1. The van der Waals surface area contributed by atoms with Gasteiger partial charge in [0, 0.05) is 17.6 Å². The molecule has 208 valence electrons. The maximum atomic E-state index is 13.2. The van der Waals surface area contributed by atoms with E-state index < -0.39 is 47.8 Å². The maximum absolute atomic E-state index is 13.2. The minimum Gasteiger partial charge on any atom is -0.485 e. The van der Waals surface area contributed by atoms with Crippen LogP contribution in [0.5, 0.6) is 11.5 Å². The molecule has 0 aliphatic heterocycles. The summed E-state index contributed by atoms with van der Waals surface area (Å²) < 4.78 is 89.3. The van der Waals surface area contributed by atoms with E-state index in [2.05, 4.69) is 9.72 Å². The summed E-state index contributed by atoms with van der Waals surface area (Å²) in [5, 5.41) is 9.90. The highest BCUT2D eigenvalue weighted by Gasteiger charge is 2.39. The Morgan fingerprint density at radius 3 is 2.33 bits per heavy atom. The van der Waals surface area contributed by atoms with Gasteiger partial charge in [-0.2, -0.15) is 13.2 Å². The normalized spacial score (nSPS) is 13.1. The first kappa shape index (κ1) is 28.0. The third-order valence-electron chi connectivity index (χ3n) is 5.48. The molecule has 39 heavy (non-hydrogen) atoms. The van der Waals surface area contributed by atoms with Gasteiger partial charge in [0.2, 0.25) is 0 Å². The molecule has 1 atom stereocenters. The molecule has 1 unspecified atom stereocenters. The number of rotatable bonds is 7. The van der Waals surface area contributed by atoms with Crippen molar-refractivity contribution in [3.8, 4) is 22.9 Å². The number of aromatic amines is 1. The van der Waals surface area contributed by atoms with Gasteiger partial charge in [0.1, 0.15) is 12.4 Å². The fourth-order valence-electron chi connectivity index (χ4n) is 3.66. The van der Waals surface area contributed by atoms with E-state index in [1.54, 1.807) is 24.3 Å². The minimum absolute atomic E-state index is 0.0541. The lowest BCUT2D eigenvalue weighted by Gasteiger charge is -2.15. The molecule has 16 heteroatoms. The SMILES string of the molecule is Cn1c(-c2ccc(OCc3ccc(Cl)cc3)c(OC(F)(F)F)c2)nc2c1c(=O)[nH]c(=O)n2CC(O)C(F)(F)F. The Hall–Kier alpha value is -3.98. The first-order chi connectivity index (χ1) is 18.1. The van der Waals surface area contributed by atoms with Gasteiger partial charge in [-0.25, -0.2) is 9.78 Å². The second-order valence-corrected chi connectivity index (χ2v) is 8.65. The van der Waals surface area contributed by atoms with Gasteiger partial charge in [0.05, 0.1) is 6.54 Å². The predicted molar refractivity (Wildman–Crippen MR) is 126 cm³/mol. The van der Waals surface area contributed by atoms with Gasteiger partial charge in [0.15, 0.2) is 28.8 Å². The lowest BCUT2D eigenvalue weighted by Crippen LogP contribution is -2.39. The van der Waals surface area contributed by atoms with Crippen LogP contribution in [0.1, 0.15) is 5.56 Å². The molecule has 0 amide bonds. The highest BCUT2D eigenvalue weighted by atomic mass is 35.5. The molecule has 4 rings (SSSR count). The molecule has 0 saturated carbocycles. The minimum atomic E-state index is -5.12. The molecule has 0 bridgehead atoms. The molecule has 2 aromatic heterocycles. The number of imidazole rings is 1. The molecular formula is C23H17ClF6N4O5. The zero-order valence-electron chi connectivity index (χ0n) is 19.6. The number of H-pyrrole nitrogens is 1. The van der Waals surface area contributed by atoms with Crippen LogP contribution >= 0.6 is 11.6 Å². The smallest absolute Gasteiger partial charge is 0.485 e. The quantitative estimate of drug-likeness (QED) is 0.319. The Balaban J connectivity index is 1.78. The molecule has 2 aromatic carbocycles. The van der Waals surface area contributed by atoms with Crippen molar-refractivity contribution in [2.75, 3.05) is 0 Å². The number of nitrogens with zero attached hydrogens (tertiary/aromatic N) is 3. The molecular weight excluding hydrogens is 562 g/mol. The molecule has 0 spiro atoms. The molecule has 0 aliphatic rings. The second-order valence-electron chi connectivity index (χ2n) is 8.22. The fraction of sp³-hybridized carbons (Fsp3) is 0.261. The second kappa shape index (κ2) is 10.3. The molecule has 0 fully saturated rings. The molecule has 2 heterocycles. The van der Waals surface area contributed by atoms with Crippen LogP contribution in [0.4, 0.5) is 26.3 Å². The van der Waals surface area contributed by atoms with Crippen LogP contribution in [0.25, 0.3) is 22.6 Å². The van der Waals surface area contributed by atoms with E-state index in [-0.39, 0.29) is 29.3 Å². The number of aliphatic hydroxyl groups is 1. The summed E-state index contributed by atoms with van der Waals surface area (Å²) >= 11 is 5.82. The highest BCUT2D eigenvalue weighted by Crippen LogP contribution is 2.37. The largest absolute Gasteiger partial charge is 0.573 e.